The molecule has 2 N–H and O–H groups in total. The van der Waals surface area contributed by atoms with E-state index >= 15 is 0 Å². The third-order valence-corrected chi connectivity index (χ3v) is 1.16. The Bertz CT molecular complexity index is 208. The van der Waals surface area contributed by atoms with Crippen molar-refractivity contribution < 1.29 is 14.7 Å². The van der Waals surface area contributed by atoms with Gasteiger partial charge in [-0.3, -0.25) is 9.59 Å². The van der Waals surface area contributed by atoms with Crippen LogP contribution in [0.1, 0.15) is 20.3 Å². The van der Waals surface area contributed by atoms with E-state index in [4.69, 9.17) is 5.11 Å². The maximum atomic E-state index is 10.5. The fourth-order valence-electron chi connectivity index (χ4n) is 0.723. The molecule has 12 heavy (non-hydrogen) atoms. The third-order valence-electron chi connectivity index (χ3n) is 1.16. The number of aliphatic carboxylic acids is 1. The number of carbonyl (C=O) groups is 2. The highest BCUT2D eigenvalue weighted by atomic mass is 16.4. The summed E-state index contributed by atoms with van der Waals surface area (Å²) in [7, 11) is 0. The van der Waals surface area contributed by atoms with E-state index in [0.29, 0.717) is 12.2 Å². The summed E-state index contributed by atoms with van der Waals surface area (Å²) in [6.45, 7) is 3.52. The number of hydrogen-bond acceptors (Lipinski definition) is 3. The van der Waals surface area contributed by atoms with Crippen LogP contribution in [0, 0.1) is 0 Å². The van der Waals surface area contributed by atoms with Crippen LogP contribution in [-0.2, 0) is 9.59 Å². The summed E-state index contributed by atoms with van der Waals surface area (Å²) in [5, 5.41) is 11.1. The first-order valence-electron chi connectivity index (χ1n) is 3.67. The molecule has 4 heteroatoms. The van der Waals surface area contributed by atoms with Gasteiger partial charge in [-0.2, -0.15) is 0 Å². The summed E-state index contributed by atoms with van der Waals surface area (Å²) in [6, 6.07) is 0. The molecule has 0 aromatic carbocycles. The first-order chi connectivity index (χ1) is 5.52. The fraction of sp³-hybridized carbons (Fsp3) is 0.500. The molecule has 0 aliphatic rings. The van der Waals surface area contributed by atoms with Gasteiger partial charge in [-0.25, -0.2) is 0 Å². The average Bonchev–Trinajstić information content (AvgIpc) is 1.84. The minimum atomic E-state index is -0.849. The van der Waals surface area contributed by atoms with Gasteiger partial charge in [0.05, 0.1) is 6.42 Å². The Hall–Kier alpha value is -1.32. The van der Waals surface area contributed by atoms with Crippen molar-refractivity contribution in [3.05, 3.63) is 11.8 Å². The Morgan fingerprint density at radius 1 is 1.42 bits per heavy atom. The molecule has 0 amide bonds. The van der Waals surface area contributed by atoms with E-state index in [-0.39, 0.29) is 12.2 Å². The van der Waals surface area contributed by atoms with Crippen LogP contribution < -0.4 is 5.32 Å². The predicted octanol–water partition coefficient (Wildman–Crippen LogP) is 0.544. The molecule has 0 saturated carbocycles. The van der Waals surface area contributed by atoms with Gasteiger partial charge >= 0.3 is 5.97 Å². The number of carboxylic acid groups (broad SMARTS) is 1. The number of hydrogen-bond donors (Lipinski definition) is 2. The molecule has 0 unspecified atom stereocenters. The molecule has 0 spiro atoms. The first-order valence-corrected chi connectivity index (χ1v) is 3.67. The van der Waals surface area contributed by atoms with Gasteiger partial charge in [0.2, 0.25) is 0 Å². The Balaban J connectivity index is 3.64. The summed E-state index contributed by atoms with van der Waals surface area (Å²) in [4.78, 5) is 20.6. The van der Waals surface area contributed by atoms with Crippen LogP contribution in [-0.4, -0.2) is 23.4 Å². The molecule has 0 heterocycles. The molecule has 0 radical (unpaired) electrons. The number of allylic oxidation sites excluding steroid dienone is 2. The standard InChI is InChI=1S/C8H13NO3/c1-6(5-7(2)10)9-4-3-8(11)12/h5,9H,3-4H2,1-2H3,(H,11,12)/b6-5+. The maximum absolute atomic E-state index is 10.5. The lowest BCUT2D eigenvalue weighted by Crippen LogP contribution is -2.16. The van der Waals surface area contributed by atoms with Gasteiger partial charge in [0.15, 0.2) is 5.78 Å². The highest BCUT2D eigenvalue weighted by Crippen LogP contribution is 1.87. The highest BCUT2D eigenvalue weighted by molar-refractivity contribution is 5.87. The van der Waals surface area contributed by atoms with E-state index in [1.807, 2.05) is 0 Å². The quantitative estimate of drug-likeness (QED) is 0.592. The van der Waals surface area contributed by atoms with Gasteiger partial charge < -0.3 is 10.4 Å². The Morgan fingerprint density at radius 2 is 2.00 bits per heavy atom. The normalized spacial score (nSPS) is 11.0. The number of nitrogens with one attached hydrogen (secondary N) is 1. The van der Waals surface area contributed by atoms with Crippen molar-refractivity contribution in [2.75, 3.05) is 6.54 Å². The zero-order chi connectivity index (χ0) is 9.56. The van der Waals surface area contributed by atoms with Crippen molar-refractivity contribution in [3.8, 4) is 0 Å². The molecule has 0 aromatic rings. The van der Waals surface area contributed by atoms with Gasteiger partial charge in [-0.05, 0) is 19.9 Å². The summed E-state index contributed by atoms with van der Waals surface area (Å²) < 4.78 is 0. The molecule has 0 aliphatic heterocycles. The molecular weight excluding hydrogens is 158 g/mol. The molecule has 0 fully saturated rings. The molecule has 0 atom stereocenters. The maximum Gasteiger partial charge on any atom is 0.305 e. The summed E-state index contributed by atoms with van der Waals surface area (Å²) >= 11 is 0. The zero-order valence-corrected chi connectivity index (χ0v) is 7.26. The topological polar surface area (TPSA) is 66.4 Å². The van der Waals surface area contributed by atoms with E-state index in [1.165, 1.54) is 13.0 Å². The van der Waals surface area contributed by atoms with Crippen LogP contribution >= 0.6 is 0 Å². The fourth-order valence-corrected chi connectivity index (χ4v) is 0.723. The van der Waals surface area contributed by atoms with Crippen molar-refractivity contribution in [2.24, 2.45) is 0 Å². The lowest BCUT2D eigenvalue weighted by molar-refractivity contribution is -0.136. The summed E-state index contributed by atoms with van der Waals surface area (Å²) in [5.41, 5.74) is 0.698. The number of ketones is 1. The van der Waals surface area contributed by atoms with E-state index in [0.717, 1.165) is 0 Å². The summed E-state index contributed by atoms with van der Waals surface area (Å²) in [6.07, 6.45) is 1.49. The van der Waals surface area contributed by atoms with E-state index in [1.54, 1.807) is 6.92 Å². The van der Waals surface area contributed by atoms with Crippen LogP contribution in [0.15, 0.2) is 11.8 Å². The van der Waals surface area contributed by atoms with Gasteiger partial charge in [-0.15, -0.1) is 0 Å². The van der Waals surface area contributed by atoms with Crippen LogP contribution in [0.25, 0.3) is 0 Å². The second-order valence-corrected chi connectivity index (χ2v) is 2.51. The lowest BCUT2D eigenvalue weighted by Gasteiger charge is -2.02. The van der Waals surface area contributed by atoms with Crippen molar-refractivity contribution in [2.45, 2.75) is 20.3 Å². The Labute approximate surface area is 71.3 Å². The van der Waals surface area contributed by atoms with Gasteiger partial charge in [0.25, 0.3) is 0 Å². The second kappa shape index (κ2) is 5.35. The van der Waals surface area contributed by atoms with Crippen molar-refractivity contribution in [3.63, 3.8) is 0 Å². The van der Waals surface area contributed by atoms with Gasteiger partial charge in [0.1, 0.15) is 0 Å². The number of rotatable bonds is 5. The molecule has 0 aromatic heterocycles. The minimum Gasteiger partial charge on any atom is -0.481 e. The van der Waals surface area contributed by atoms with Crippen LogP contribution in [0.4, 0.5) is 0 Å². The van der Waals surface area contributed by atoms with Gasteiger partial charge in [-0.1, -0.05) is 0 Å². The monoisotopic (exact) mass is 171 g/mol. The molecule has 0 aliphatic carbocycles. The lowest BCUT2D eigenvalue weighted by atomic mass is 10.3. The third kappa shape index (κ3) is 6.80. The molecule has 68 valence electrons. The van der Waals surface area contributed by atoms with Crippen LogP contribution in [0.2, 0.25) is 0 Å². The number of carboxylic acids is 1. The van der Waals surface area contributed by atoms with Crippen LogP contribution in [0.3, 0.4) is 0 Å². The average molecular weight is 171 g/mol. The van der Waals surface area contributed by atoms with Crippen molar-refractivity contribution >= 4 is 11.8 Å². The molecule has 0 rings (SSSR count). The highest BCUT2D eigenvalue weighted by Gasteiger charge is 1.95. The molecule has 0 bridgehead atoms. The smallest absolute Gasteiger partial charge is 0.305 e. The predicted molar refractivity (Wildman–Crippen MR) is 44.7 cm³/mol. The first kappa shape index (κ1) is 10.7. The SMILES string of the molecule is CC(=O)/C=C(\C)NCCC(=O)O. The van der Waals surface area contributed by atoms with Gasteiger partial charge in [0, 0.05) is 12.2 Å². The van der Waals surface area contributed by atoms with E-state index in [9.17, 15) is 9.59 Å². The second-order valence-electron chi connectivity index (χ2n) is 2.51. The van der Waals surface area contributed by atoms with Crippen LogP contribution in [0.5, 0.6) is 0 Å². The van der Waals surface area contributed by atoms with E-state index in [2.05, 4.69) is 5.32 Å². The Kier molecular flexibility index (Phi) is 4.76. The largest absolute Gasteiger partial charge is 0.481 e. The minimum absolute atomic E-state index is 0.0460. The number of carbonyl (C=O) groups excluding carboxylic acids is 1. The molecular formula is C8H13NO3. The molecule has 4 nitrogen and oxygen atoms in total. The van der Waals surface area contributed by atoms with Crippen molar-refractivity contribution in [1.29, 1.82) is 0 Å². The zero-order valence-electron chi connectivity index (χ0n) is 7.26. The molecule has 0 saturated heterocycles. The van der Waals surface area contributed by atoms with Crippen molar-refractivity contribution in [1.82, 2.24) is 5.32 Å². The summed E-state index contributed by atoms with van der Waals surface area (Å²) in [5.74, 6) is -0.895. The van der Waals surface area contributed by atoms with E-state index < -0.39 is 5.97 Å². The Morgan fingerprint density at radius 3 is 2.42 bits per heavy atom.